The fourth-order valence-electron chi connectivity index (χ4n) is 2.38. The number of benzene rings is 1. The van der Waals surface area contributed by atoms with E-state index in [-0.39, 0.29) is 0 Å². The summed E-state index contributed by atoms with van der Waals surface area (Å²) >= 11 is 0. The lowest BCUT2D eigenvalue weighted by atomic mass is 9.89. The SMILES string of the molecule is C/C(=C\NCC(C)C)C1(c2ccccc2)CC1. The zero-order valence-electron chi connectivity index (χ0n) is 11.2. The Hall–Kier alpha value is -1.24. The van der Waals surface area contributed by atoms with E-state index in [0.29, 0.717) is 11.3 Å². The molecule has 0 radical (unpaired) electrons. The van der Waals surface area contributed by atoms with Gasteiger partial charge in [0.25, 0.3) is 0 Å². The number of hydrogen-bond donors (Lipinski definition) is 1. The van der Waals surface area contributed by atoms with E-state index in [1.54, 1.807) is 0 Å². The molecule has 1 nitrogen and oxygen atoms in total. The molecule has 0 aliphatic heterocycles. The molecule has 0 aromatic heterocycles. The van der Waals surface area contributed by atoms with Crippen LogP contribution in [0.5, 0.6) is 0 Å². The molecule has 1 fully saturated rings. The minimum absolute atomic E-state index is 0.339. The molecule has 0 spiro atoms. The standard InChI is InChI=1S/C16H23N/c1-13(2)11-17-12-14(3)16(9-10-16)15-7-5-4-6-8-15/h4-8,12-13,17H,9-11H2,1-3H3/b14-12+. The van der Waals surface area contributed by atoms with Gasteiger partial charge in [-0.2, -0.15) is 0 Å². The van der Waals surface area contributed by atoms with Crippen molar-refractivity contribution in [3.05, 3.63) is 47.7 Å². The van der Waals surface area contributed by atoms with E-state index in [1.165, 1.54) is 24.0 Å². The first kappa shape index (κ1) is 12.2. The van der Waals surface area contributed by atoms with Gasteiger partial charge in [0.05, 0.1) is 0 Å². The number of nitrogens with one attached hydrogen (secondary N) is 1. The molecule has 0 atom stereocenters. The van der Waals surface area contributed by atoms with Gasteiger partial charge in [0, 0.05) is 12.0 Å². The number of hydrogen-bond acceptors (Lipinski definition) is 1. The summed E-state index contributed by atoms with van der Waals surface area (Å²) in [6, 6.07) is 10.9. The van der Waals surface area contributed by atoms with Crippen molar-refractivity contribution < 1.29 is 0 Å². The first-order valence-corrected chi connectivity index (χ1v) is 6.61. The Labute approximate surface area is 105 Å². The van der Waals surface area contributed by atoms with E-state index in [1.807, 2.05) is 0 Å². The molecule has 1 aromatic carbocycles. The summed E-state index contributed by atoms with van der Waals surface area (Å²) in [5.41, 5.74) is 3.29. The third kappa shape index (κ3) is 2.71. The molecule has 0 heterocycles. The quantitative estimate of drug-likeness (QED) is 0.808. The summed E-state index contributed by atoms with van der Waals surface area (Å²) in [6.45, 7) is 7.79. The van der Waals surface area contributed by atoms with Crippen LogP contribution < -0.4 is 5.32 Å². The summed E-state index contributed by atoms with van der Waals surface area (Å²) < 4.78 is 0. The van der Waals surface area contributed by atoms with Crippen molar-refractivity contribution in [2.75, 3.05) is 6.54 Å². The lowest BCUT2D eigenvalue weighted by molar-refractivity contribution is 0.606. The van der Waals surface area contributed by atoms with Crippen molar-refractivity contribution in [1.82, 2.24) is 5.32 Å². The Morgan fingerprint density at radius 3 is 2.47 bits per heavy atom. The minimum atomic E-state index is 0.339. The Morgan fingerprint density at radius 2 is 1.94 bits per heavy atom. The monoisotopic (exact) mass is 229 g/mol. The van der Waals surface area contributed by atoms with Gasteiger partial charge >= 0.3 is 0 Å². The van der Waals surface area contributed by atoms with Crippen molar-refractivity contribution >= 4 is 0 Å². The molecule has 17 heavy (non-hydrogen) atoms. The average molecular weight is 229 g/mol. The third-order valence-corrected chi connectivity index (χ3v) is 3.68. The molecular weight excluding hydrogens is 206 g/mol. The van der Waals surface area contributed by atoms with Gasteiger partial charge in [-0.1, -0.05) is 44.2 Å². The largest absolute Gasteiger partial charge is 0.391 e. The molecule has 0 amide bonds. The van der Waals surface area contributed by atoms with Gasteiger partial charge in [-0.05, 0) is 43.0 Å². The van der Waals surface area contributed by atoms with E-state index >= 15 is 0 Å². The Bertz CT molecular complexity index is 385. The van der Waals surface area contributed by atoms with Crippen LogP contribution in [0.15, 0.2) is 42.1 Å². The summed E-state index contributed by atoms with van der Waals surface area (Å²) in [5, 5.41) is 3.44. The first-order chi connectivity index (χ1) is 8.15. The average Bonchev–Trinajstić information content (AvgIpc) is 3.11. The van der Waals surface area contributed by atoms with Gasteiger partial charge in [-0.25, -0.2) is 0 Å². The van der Waals surface area contributed by atoms with Crippen LogP contribution in [0.25, 0.3) is 0 Å². The van der Waals surface area contributed by atoms with E-state index in [4.69, 9.17) is 0 Å². The minimum Gasteiger partial charge on any atom is -0.391 e. The lowest BCUT2D eigenvalue weighted by Gasteiger charge is -2.17. The maximum Gasteiger partial charge on any atom is 0.0177 e. The van der Waals surface area contributed by atoms with Gasteiger partial charge < -0.3 is 5.32 Å². The molecule has 2 rings (SSSR count). The Kier molecular flexibility index (Phi) is 3.56. The summed E-state index contributed by atoms with van der Waals surface area (Å²) in [5.74, 6) is 0.700. The van der Waals surface area contributed by atoms with E-state index in [2.05, 4.69) is 62.6 Å². The maximum atomic E-state index is 3.44. The molecule has 92 valence electrons. The van der Waals surface area contributed by atoms with Gasteiger partial charge in [-0.15, -0.1) is 0 Å². The zero-order valence-corrected chi connectivity index (χ0v) is 11.2. The van der Waals surface area contributed by atoms with Crippen LogP contribution in [0, 0.1) is 5.92 Å². The van der Waals surface area contributed by atoms with Crippen molar-refractivity contribution in [1.29, 1.82) is 0 Å². The first-order valence-electron chi connectivity index (χ1n) is 6.61. The second-order valence-electron chi connectivity index (χ2n) is 5.58. The van der Waals surface area contributed by atoms with E-state index in [0.717, 1.165) is 6.54 Å². The maximum absolute atomic E-state index is 3.44. The van der Waals surface area contributed by atoms with Gasteiger partial charge in [-0.3, -0.25) is 0 Å². The normalized spacial score (nSPS) is 18.2. The molecule has 0 unspecified atom stereocenters. The molecule has 1 aliphatic carbocycles. The second kappa shape index (κ2) is 4.95. The highest BCUT2D eigenvalue weighted by atomic mass is 14.8. The van der Waals surface area contributed by atoms with E-state index in [9.17, 15) is 0 Å². The summed E-state index contributed by atoms with van der Waals surface area (Å²) in [4.78, 5) is 0. The zero-order chi connectivity index (χ0) is 12.3. The van der Waals surface area contributed by atoms with Gasteiger partial charge in [0.2, 0.25) is 0 Å². The fraction of sp³-hybridized carbons (Fsp3) is 0.500. The number of allylic oxidation sites excluding steroid dienone is 1. The molecule has 0 saturated heterocycles. The molecule has 1 aromatic rings. The highest BCUT2D eigenvalue weighted by Gasteiger charge is 2.45. The van der Waals surface area contributed by atoms with Crippen LogP contribution in [0.1, 0.15) is 39.2 Å². The third-order valence-electron chi connectivity index (χ3n) is 3.68. The molecule has 1 aliphatic rings. The smallest absolute Gasteiger partial charge is 0.0177 e. The summed E-state index contributed by atoms with van der Waals surface area (Å²) in [6.07, 6.45) is 4.81. The Balaban J connectivity index is 2.06. The van der Waals surface area contributed by atoms with E-state index < -0.39 is 0 Å². The summed E-state index contributed by atoms with van der Waals surface area (Å²) in [7, 11) is 0. The van der Waals surface area contributed by atoms with Gasteiger partial charge in [0.15, 0.2) is 0 Å². The van der Waals surface area contributed by atoms with Crippen molar-refractivity contribution in [3.8, 4) is 0 Å². The fourth-order valence-corrected chi connectivity index (χ4v) is 2.38. The Morgan fingerprint density at radius 1 is 1.29 bits per heavy atom. The number of rotatable bonds is 5. The molecule has 1 saturated carbocycles. The highest BCUT2D eigenvalue weighted by Crippen LogP contribution is 2.53. The predicted octanol–water partition coefficient (Wildman–Crippen LogP) is 3.87. The molecule has 0 bridgehead atoms. The molecule has 1 N–H and O–H groups in total. The lowest BCUT2D eigenvalue weighted by Crippen LogP contribution is -2.17. The topological polar surface area (TPSA) is 12.0 Å². The van der Waals surface area contributed by atoms with Crippen LogP contribution in [-0.2, 0) is 5.41 Å². The van der Waals surface area contributed by atoms with Crippen LogP contribution in [0.2, 0.25) is 0 Å². The second-order valence-corrected chi connectivity index (χ2v) is 5.58. The van der Waals surface area contributed by atoms with Crippen molar-refractivity contribution in [3.63, 3.8) is 0 Å². The molecule has 1 heteroatoms. The van der Waals surface area contributed by atoms with Crippen molar-refractivity contribution in [2.24, 2.45) is 5.92 Å². The van der Waals surface area contributed by atoms with Crippen LogP contribution >= 0.6 is 0 Å². The van der Waals surface area contributed by atoms with Crippen LogP contribution in [0.3, 0.4) is 0 Å². The van der Waals surface area contributed by atoms with Crippen LogP contribution in [0.4, 0.5) is 0 Å². The van der Waals surface area contributed by atoms with Gasteiger partial charge in [0.1, 0.15) is 0 Å². The molecular formula is C16H23N. The van der Waals surface area contributed by atoms with Crippen molar-refractivity contribution in [2.45, 2.75) is 39.0 Å². The van der Waals surface area contributed by atoms with Crippen LogP contribution in [-0.4, -0.2) is 6.54 Å². The highest BCUT2D eigenvalue weighted by molar-refractivity contribution is 5.41. The predicted molar refractivity (Wildman–Crippen MR) is 74.0 cm³/mol.